The van der Waals surface area contributed by atoms with E-state index >= 15 is 0 Å². The van der Waals surface area contributed by atoms with Crippen molar-refractivity contribution in [2.24, 2.45) is 5.92 Å². The number of rotatable bonds is 6. The minimum absolute atomic E-state index is 0.0272. The Balaban J connectivity index is 1.33. The third kappa shape index (κ3) is 4.59. The SMILES string of the molecule is O=C(CN1CCCNC1=O)N[C@@H]1CC(Cn2ccnc2-c2ccccc2)C[C@H]1O. The Hall–Kier alpha value is -2.87. The lowest BCUT2D eigenvalue weighted by atomic mass is 10.1. The van der Waals surface area contributed by atoms with Crippen LogP contribution in [0.15, 0.2) is 42.7 Å². The lowest BCUT2D eigenvalue weighted by Crippen LogP contribution is -2.52. The zero-order valence-corrected chi connectivity index (χ0v) is 16.3. The van der Waals surface area contributed by atoms with E-state index in [9.17, 15) is 14.7 Å². The third-order valence-corrected chi connectivity index (χ3v) is 5.68. The fourth-order valence-corrected chi connectivity index (χ4v) is 4.26. The Morgan fingerprint density at radius 2 is 2.10 bits per heavy atom. The van der Waals surface area contributed by atoms with E-state index in [4.69, 9.17) is 0 Å². The fourth-order valence-electron chi connectivity index (χ4n) is 4.26. The third-order valence-electron chi connectivity index (χ3n) is 5.68. The van der Waals surface area contributed by atoms with Gasteiger partial charge in [-0.25, -0.2) is 9.78 Å². The number of carbonyl (C=O) groups excluding carboxylic acids is 2. The van der Waals surface area contributed by atoms with Gasteiger partial charge in [0.25, 0.3) is 0 Å². The summed E-state index contributed by atoms with van der Waals surface area (Å²) in [6.07, 6.45) is 5.32. The van der Waals surface area contributed by atoms with Crippen LogP contribution in [0.25, 0.3) is 11.4 Å². The van der Waals surface area contributed by atoms with Crippen molar-refractivity contribution in [3.05, 3.63) is 42.7 Å². The van der Waals surface area contributed by atoms with Gasteiger partial charge in [0.05, 0.1) is 12.1 Å². The molecule has 0 radical (unpaired) electrons. The molecule has 1 saturated heterocycles. The first kappa shape index (κ1) is 19.4. The van der Waals surface area contributed by atoms with Gasteiger partial charge < -0.3 is 25.2 Å². The van der Waals surface area contributed by atoms with Crippen LogP contribution in [0.5, 0.6) is 0 Å². The second-order valence-corrected chi connectivity index (χ2v) is 7.86. The molecule has 1 aliphatic carbocycles. The zero-order chi connectivity index (χ0) is 20.2. The van der Waals surface area contributed by atoms with Crippen LogP contribution in [0.1, 0.15) is 19.3 Å². The van der Waals surface area contributed by atoms with Crippen LogP contribution in [0.2, 0.25) is 0 Å². The number of urea groups is 1. The number of nitrogens with one attached hydrogen (secondary N) is 2. The highest BCUT2D eigenvalue weighted by Crippen LogP contribution is 2.29. The summed E-state index contributed by atoms with van der Waals surface area (Å²) in [5, 5.41) is 16.1. The molecule has 4 rings (SSSR count). The number of amides is 3. The largest absolute Gasteiger partial charge is 0.391 e. The Morgan fingerprint density at radius 1 is 1.28 bits per heavy atom. The Kier molecular flexibility index (Phi) is 5.80. The van der Waals surface area contributed by atoms with E-state index in [2.05, 4.69) is 20.2 Å². The van der Waals surface area contributed by atoms with Crippen molar-refractivity contribution in [3.8, 4) is 11.4 Å². The van der Waals surface area contributed by atoms with Gasteiger partial charge >= 0.3 is 6.03 Å². The molecule has 2 fully saturated rings. The molecule has 2 heterocycles. The van der Waals surface area contributed by atoms with Crippen molar-refractivity contribution in [2.75, 3.05) is 19.6 Å². The average Bonchev–Trinajstić information content (AvgIpc) is 3.31. The normalized spacial score (nSPS) is 24.4. The zero-order valence-electron chi connectivity index (χ0n) is 16.3. The maximum Gasteiger partial charge on any atom is 0.317 e. The summed E-state index contributed by atoms with van der Waals surface area (Å²) >= 11 is 0. The highest BCUT2D eigenvalue weighted by molar-refractivity contribution is 5.84. The van der Waals surface area contributed by atoms with Crippen molar-refractivity contribution in [3.63, 3.8) is 0 Å². The van der Waals surface area contributed by atoms with Gasteiger partial charge in [0.1, 0.15) is 12.4 Å². The number of carbonyl (C=O) groups is 2. The first-order chi connectivity index (χ1) is 14.1. The summed E-state index contributed by atoms with van der Waals surface area (Å²) in [6.45, 7) is 2.00. The van der Waals surface area contributed by atoms with Crippen LogP contribution >= 0.6 is 0 Å². The number of aliphatic hydroxyl groups excluding tert-OH is 1. The first-order valence-corrected chi connectivity index (χ1v) is 10.2. The maximum atomic E-state index is 12.4. The number of aromatic nitrogens is 2. The van der Waals surface area contributed by atoms with Crippen molar-refractivity contribution in [1.29, 1.82) is 0 Å². The van der Waals surface area contributed by atoms with E-state index in [1.807, 2.05) is 36.5 Å². The van der Waals surface area contributed by atoms with Crippen LogP contribution in [0.3, 0.4) is 0 Å². The van der Waals surface area contributed by atoms with E-state index < -0.39 is 6.10 Å². The van der Waals surface area contributed by atoms with Crippen molar-refractivity contribution < 1.29 is 14.7 Å². The summed E-state index contributed by atoms with van der Waals surface area (Å²) in [6, 6.07) is 9.52. The monoisotopic (exact) mass is 397 g/mol. The molecule has 1 aromatic carbocycles. The van der Waals surface area contributed by atoms with Gasteiger partial charge in [-0.05, 0) is 25.2 Å². The van der Waals surface area contributed by atoms with Crippen LogP contribution in [-0.4, -0.2) is 63.3 Å². The predicted octanol–water partition coefficient (Wildman–Crippen LogP) is 1.22. The second-order valence-electron chi connectivity index (χ2n) is 7.86. The quantitative estimate of drug-likeness (QED) is 0.682. The Bertz CT molecular complexity index is 853. The molecule has 1 aliphatic heterocycles. The van der Waals surface area contributed by atoms with Crippen molar-refractivity contribution >= 4 is 11.9 Å². The topological polar surface area (TPSA) is 99.5 Å². The number of aliphatic hydroxyl groups is 1. The lowest BCUT2D eigenvalue weighted by molar-refractivity contribution is -0.123. The average molecular weight is 397 g/mol. The van der Waals surface area contributed by atoms with E-state index in [0.717, 1.165) is 24.4 Å². The fraction of sp³-hybridized carbons (Fsp3) is 0.476. The minimum atomic E-state index is -0.581. The molecular formula is C21H27N5O3. The number of hydrogen-bond donors (Lipinski definition) is 3. The lowest BCUT2D eigenvalue weighted by Gasteiger charge is -2.27. The van der Waals surface area contributed by atoms with Gasteiger partial charge in [-0.15, -0.1) is 0 Å². The number of imidazole rings is 1. The second kappa shape index (κ2) is 8.65. The van der Waals surface area contributed by atoms with E-state index in [1.165, 1.54) is 4.90 Å². The number of hydrogen-bond acceptors (Lipinski definition) is 4. The predicted molar refractivity (Wildman–Crippen MR) is 108 cm³/mol. The molecule has 8 heteroatoms. The van der Waals surface area contributed by atoms with E-state index in [0.29, 0.717) is 25.9 Å². The van der Waals surface area contributed by atoms with Gasteiger partial charge in [0.2, 0.25) is 5.91 Å². The van der Waals surface area contributed by atoms with Gasteiger partial charge in [0.15, 0.2) is 0 Å². The van der Waals surface area contributed by atoms with Crippen LogP contribution in [-0.2, 0) is 11.3 Å². The molecular weight excluding hydrogens is 370 g/mol. The summed E-state index contributed by atoms with van der Waals surface area (Å²) in [5.41, 5.74) is 1.06. The Morgan fingerprint density at radius 3 is 2.90 bits per heavy atom. The van der Waals surface area contributed by atoms with Crippen LogP contribution < -0.4 is 10.6 Å². The van der Waals surface area contributed by atoms with Gasteiger partial charge in [-0.1, -0.05) is 30.3 Å². The summed E-state index contributed by atoms with van der Waals surface area (Å²) in [5.74, 6) is 0.924. The molecule has 2 aliphatic rings. The highest BCUT2D eigenvalue weighted by Gasteiger charge is 2.35. The van der Waals surface area contributed by atoms with Crippen molar-refractivity contribution in [2.45, 2.75) is 38.0 Å². The Labute approximate surface area is 169 Å². The maximum absolute atomic E-state index is 12.4. The number of nitrogens with zero attached hydrogens (tertiary/aromatic N) is 3. The minimum Gasteiger partial charge on any atom is -0.391 e. The molecule has 1 aromatic heterocycles. The summed E-state index contributed by atoms with van der Waals surface area (Å²) in [7, 11) is 0. The van der Waals surface area contributed by atoms with E-state index in [-0.39, 0.29) is 30.4 Å². The van der Waals surface area contributed by atoms with Crippen LogP contribution in [0, 0.1) is 5.92 Å². The highest BCUT2D eigenvalue weighted by atomic mass is 16.3. The molecule has 8 nitrogen and oxygen atoms in total. The van der Waals surface area contributed by atoms with Crippen LogP contribution in [0.4, 0.5) is 4.79 Å². The molecule has 0 spiro atoms. The molecule has 3 atom stereocenters. The first-order valence-electron chi connectivity index (χ1n) is 10.2. The molecule has 29 heavy (non-hydrogen) atoms. The number of benzene rings is 1. The summed E-state index contributed by atoms with van der Waals surface area (Å²) < 4.78 is 2.11. The molecule has 1 saturated carbocycles. The molecule has 154 valence electrons. The molecule has 0 bridgehead atoms. The van der Waals surface area contributed by atoms with Gasteiger partial charge in [0, 0.05) is 37.6 Å². The molecule has 2 aromatic rings. The van der Waals surface area contributed by atoms with Gasteiger partial charge in [-0.2, -0.15) is 0 Å². The van der Waals surface area contributed by atoms with E-state index in [1.54, 1.807) is 6.20 Å². The van der Waals surface area contributed by atoms with Gasteiger partial charge in [-0.3, -0.25) is 4.79 Å². The molecule has 1 unspecified atom stereocenters. The summed E-state index contributed by atoms with van der Waals surface area (Å²) in [4.78, 5) is 30.1. The molecule has 3 N–H and O–H groups in total. The standard InChI is InChI=1S/C21H27N5O3/c27-18-12-15(13-25-10-8-22-20(25)16-5-2-1-3-6-16)11-17(18)24-19(28)14-26-9-4-7-23-21(26)29/h1-3,5-6,8,10,15,17-18,27H,4,7,9,11-14H2,(H,23,29)(H,24,28)/t15?,17-,18-/m1/s1. The van der Waals surface area contributed by atoms with Crippen molar-refractivity contribution in [1.82, 2.24) is 25.1 Å². The molecule has 3 amide bonds. The smallest absolute Gasteiger partial charge is 0.317 e.